The van der Waals surface area contributed by atoms with Crippen LogP contribution >= 0.6 is 0 Å². The van der Waals surface area contributed by atoms with E-state index < -0.39 is 12.1 Å². The van der Waals surface area contributed by atoms with Gasteiger partial charge < -0.3 is 25.0 Å². The summed E-state index contributed by atoms with van der Waals surface area (Å²) in [6.45, 7) is 4.18. The quantitative estimate of drug-likeness (QED) is 0.594. The highest BCUT2D eigenvalue weighted by Gasteiger charge is 2.35. The number of urea groups is 1. The summed E-state index contributed by atoms with van der Waals surface area (Å²) in [6, 6.07) is 6.64. The molecular formula is C28H35FN4O4. The number of allylic oxidation sites excluding steroid dienone is 2. The second-order valence-corrected chi connectivity index (χ2v) is 9.99. The Morgan fingerprint density at radius 2 is 2.08 bits per heavy atom. The lowest BCUT2D eigenvalue weighted by Crippen LogP contribution is -2.50. The predicted octanol–water partition coefficient (Wildman–Crippen LogP) is 4.56. The van der Waals surface area contributed by atoms with Crippen molar-refractivity contribution in [2.24, 2.45) is 5.92 Å². The number of anilines is 1. The van der Waals surface area contributed by atoms with Gasteiger partial charge in [0, 0.05) is 31.4 Å². The maximum atomic E-state index is 13.6. The number of fused-ring (bicyclic) bond motifs is 1. The number of nitrogens with zero attached hydrogens (tertiary/aromatic N) is 3. The molecule has 0 fully saturated rings. The van der Waals surface area contributed by atoms with Gasteiger partial charge in [0.25, 0.3) is 5.91 Å². The van der Waals surface area contributed by atoms with E-state index in [0.717, 1.165) is 31.2 Å². The van der Waals surface area contributed by atoms with E-state index in [-0.39, 0.29) is 42.7 Å². The van der Waals surface area contributed by atoms with Crippen LogP contribution in [0.15, 0.2) is 42.6 Å². The van der Waals surface area contributed by atoms with E-state index in [0.29, 0.717) is 17.8 Å². The maximum absolute atomic E-state index is 13.6. The minimum atomic E-state index is -0.462. The molecule has 0 saturated carbocycles. The smallest absolute Gasteiger partial charge is 0.321 e. The zero-order chi connectivity index (χ0) is 26.5. The van der Waals surface area contributed by atoms with Gasteiger partial charge in [-0.1, -0.05) is 13.0 Å². The first kappa shape index (κ1) is 26.6. The lowest BCUT2D eigenvalue weighted by atomic mass is 9.93. The van der Waals surface area contributed by atoms with Crippen molar-refractivity contribution in [3.05, 3.63) is 59.5 Å². The number of rotatable bonds is 6. The van der Waals surface area contributed by atoms with Crippen molar-refractivity contribution in [2.45, 2.75) is 51.7 Å². The van der Waals surface area contributed by atoms with Gasteiger partial charge in [0.2, 0.25) is 5.88 Å². The van der Waals surface area contributed by atoms with Crippen LogP contribution in [0.5, 0.6) is 5.88 Å². The SMILES string of the molecule is C[C@@H]1CN([C@@H](C)CO)C(=O)c2cc(C3=CCCCC3)cnc2O[C@H]1CN(C)C(=O)Nc1ccc(F)cc1. The van der Waals surface area contributed by atoms with Gasteiger partial charge in [0.15, 0.2) is 0 Å². The summed E-state index contributed by atoms with van der Waals surface area (Å²) in [5.41, 5.74) is 2.93. The molecule has 2 N–H and O–H groups in total. The molecule has 0 spiro atoms. The number of nitrogens with one attached hydrogen (secondary N) is 1. The summed E-state index contributed by atoms with van der Waals surface area (Å²) in [5, 5.41) is 12.6. The van der Waals surface area contributed by atoms with E-state index in [1.165, 1.54) is 34.7 Å². The van der Waals surface area contributed by atoms with E-state index in [9.17, 15) is 19.1 Å². The Kier molecular flexibility index (Phi) is 8.43. The van der Waals surface area contributed by atoms with Crippen molar-refractivity contribution in [1.29, 1.82) is 0 Å². The Morgan fingerprint density at radius 3 is 2.76 bits per heavy atom. The number of hydrogen-bond acceptors (Lipinski definition) is 5. The first-order valence-corrected chi connectivity index (χ1v) is 12.8. The molecule has 0 bridgehead atoms. The Morgan fingerprint density at radius 1 is 1.32 bits per heavy atom. The van der Waals surface area contributed by atoms with Crippen LogP contribution < -0.4 is 10.1 Å². The molecule has 8 nitrogen and oxygen atoms in total. The van der Waals surface area contributed by atoms with Crippen LogP contribution in [0.4, 0.5) is 14.9 Å². The number of hydrogen-bond donors (Lipinski definition) is 2. The normalized spacial score (nSPS) is 20.6. The minimum absolute atomic E-state index is 0.158. The van der Waals surface area contributed by atoms with E-state index in [2.05, 4.69) is 16.4 Å². The number of likely N-dealkylation sites (N-methyl/N-ethyl adjacent to an activating group) is 1. The lowest BCUT2D eigenvalue weighted by Gasteiger charge is -2.37. The molecule has 3 atom stereocenters. The number of carbonyl (C=O) groups is 2. The van der Waals surface area contributed by atoms with Crippen LogP contribution in [0.3, 0.4) is 0 Å². The second kappa shape index (κ2) is 11.7. The van der Waals surface area contributed by atoms with Crippen LogP contribution in [-0.2, 0) is 0 Å². The lowest BCUT2D eigenvalue weighted by molar-refractivity contribution is 0.0356. The van der Waals surface area contributed by atoms with Crippen LogP contribution in [0, 0.1) is 11.7 Å². The van der Waals surface area contributed by atoms with Crippen molar-refractivity contribution >= 4 is 23.2 Å². The molecule has 3 amide bonds. The summed E-state index contributed by atoms with van der Waals surface area (Å²) in [6.07, 6.45) is 7.71. The van der Waals surface area contributed by atoms with Crippen molar-refractivity contribution in [3.8, 4) is 5.88 Å². The first-order chi connectivity index (χ1) is 17.8. The molecule has 9 heteroatoms. The molecule has 1 aliphatic carbocycles. The molecule has 2 aromatic rings. The number of pyridine rings is 1. The van der Waals surface area contributed by atoms with Gasteiger partial charge in [0.05, 0.1) is 19.2 Å². The number of benzene rings is 1. The summed E-state index contributed by atoms with van der Waals surface area (Å²) in [5.74, 6) is -0.540. The molecule has 1 aromatic carbocycles. The summed E-state index contributed by atoms with van der Waals surface area (Å²) < 4.78 is 19.5. The third-order valence-electron chi connectivity index (χ3n) is 7.08. The molecule has 0 radical (unpaired) electrons. The molecule has 1 aromatic heterocycles. The largest absolute Gasteiger partial charge is 0.472 e. The molecule has 4 rings (SSSR count). The molecule has 2 aliphatic rings. The molecule has 198 valence electrons. The van der Waals surface area contributed by atoms with Crippen molar-refractivity contribution < 1.29 is 23.8 Å². The predicted molar refractivity (Wildman–Crippen MR) is 140 cm³/mol. The highest BCUT2D eigenvalue weighted by Crippen LogP contribution is 2.32. The number of carbonyl (C=O) groups excluding carboxylic acids is 2. The van der Waals surface area contributed by atoms with Crippen LogP contribution in [0.1, 0.15) is 55.5 Å². The zero-order valence-corrected chi connectivity index (χ0v) is 21.6. The minimum Gasteiger partial charge on any atom is -0.472 e. The number of ether oxygens (including phenoxy) is 1. The summed E-state index contributed by atoms with van der Waals surface area (Å²) >= 11 is 0. The molecule has 2 heterocycles. The monoisotopic (exact) mass is 510 g/mol. The van der Waals surface area contributed by atoms with Gasteiger partial charge in [-0.2, -0.15) is 0 Å². The summed E-state index contributed by atoms with van der Waals surface area (Å²) in [4.78, 5) is 34.1. The van der Waals surface area contributed by atoms with Gasteiger partial charge in [-0.25, -0.2) is 14.2 Å². The number of amides is 3. The molecule has 0 saturated heterocycles. The molecular weight excluding hydrogens is 475 g/mol. The topological polar surface area (TPSA) is 95.0 Å². The van der Waals surface area contributed by atoms with Crippen molar-refractivity contribution in [1.82, 2.24) is 14.8 Å². The van der Waals surface area contributed by atoms with Gasteiger partial charge in [-0.05, 0) is 74.1 Å². The average Bonchev–Trinajstić information content (AvgIpc) is 2.91. The standard InChI is InChI=1S/C28H35FN4O4/c1-18-15-33(19(2)17-34)27(35)24-13-21(20-7-5-4-6-8-20)14-30-26(24)37-25(18)16-32(3)28(36)31-23-11-9-22(29)10-12-23/h7,9-14,18-19,25,34H,4-6,8,15-17H2,1-3H3,(H,31,36)/t18-,19+,25+/m1/s1. The molecule has 37 heavy (non-hydrogen) atoms. The highest BCUT2D eigenvalue weighted by atomic mass is 19.1. The first-order valence-electron chi connectivity index (χ1n) is 12.8. The van der Waals surface area contributed by atoms with Crippen LogP contribution in [-0.4, -0.2) is 70.7 Å². The number of aliphatic hydroxyl groups is 1. The molecule has 1 aliphatic heterocycles. The fourth-order valence-corrected chi connectivity index (χ4v) is 4.70. The third kappa shape index (κ3) is 6.28. The van der Waals surface area contributed by atoms with Gasteiger partial charge in [-0.15, -0.1) is 0 Å². The van der Waals surface area contributed by atoms with Gasteiger partial charge in [-0.3, -0.25) is 4.79 Å². The van der Waals surface area contributed by atoms with Gasteiger partial charge >= 0.3 is 6.03 Å². The molecule has 0 unspecified atom stereocenters. The number of aliphatic hydroxyl groups excluding tert-OH is 1. The number of aromatic nitrogens is 1. The van der Waals surface area contributed by atoms with Gasteiger partial charge in [0.1, 0.15) is 17.5 Å². The van der Waals surface area contributed by atoms with Crippen molar-refractivity contribution in [2.75, 3.05) is 32.1 Å². The van der Waals surface area contributed by atoms with E-state index in [1.54, 1.807) is 18.1 Å². The van der Waals surface area contributed by atoms with E-state index >= 15 is 0 Å². The fourth-order valence-electron chi connectivity index (χ4n) is 4.70. The Balaban J connectivity index is 1.59. The Hall–Kier alpha value is -3.46. The van der Waals surface area contributed by atoms with E-state index in [4.69, 9.17) is 4.74 Å². The number of halogens is 1. The van der Waals surface area contributed by atoms with Crippen molar-refractivity contribution in [3.63, 3.8) is 0 Å². The van der Waals surface area contributed by atoms with Crippen LogP contribution in [0.2, 0.25) is 0 Å². The third-order valence-corrected chi connectivity index (χ3v) is 7.08. The Bertz CT molecular complexity index is 1150. The Labute approximate surface area is 217 Å². The fraction of sp³-hybridized carbons (Fsp3) is 0.464. The highest BCUT2D eigenvalue weighted by molar-refractivity contribution is 5.97. The maximum Gasteiger partial charge on any atom is 0.321 e. The zero-order valence-electron chi connectivity index (χ0n) is 21.6. The second-order valence-electron chi connectivity index (χ2n) is 9.99. The summed E-state index contributed by atoms with van der Waals surface area (Å²) in [7, 11) is 1.65. The van der Waals surface area contributed by atoms with Crippen LogP contribution in [0.25, 0.3) is 5.57 Å². The average molecular weight is 511 g/mol. The van der Waals surface area contributed by atoms with E-state index in [1.807, 2.05) is 19.9 Å².